The minimum Gasteiger partial charge on any atom is -0.276 e. The molecule has 1 heterocycles. The Bertz CT molecular complexity index is 193. The van der Waals surface area contributed by atoms with Crippen molar-refractivity contribution in [2.45, 2.75) is 19.8 Å². The van der Waals surface area contributed by atoms with Gasteiger partial charge in [-0.15, -0.1) is 0 Å². The van der Waals surface area contributed by atoms with Crippen LogP contribution in [0.1, 0.15) is 25.6 Å². The standard InChI is InChI=1S/C6H9IN2/c1-5(2)6-8-3-4-9(6)7/h3-5H,1-2H3. The van der Waals surface area contributed by atoms with Crippen molar-refractivity contribution in [1.82, 2.24) is 7.76 Å². The van der Waals surface area contributed by atoms with E-state index in [0.717, 1.165) is 5.82 Å². The van der Waals surface area contributed by atoms with Crippen molar-refractivity contribution in [3.05, 3.63) is 18.2 Å². The van der Waals surface area contributed by atoms with Gasteiger partial charge in [0, 0.05) is 18.3 Å². The van der Waals surface area contributed by atoms with E-state index in [2.05, 4.69) is 41.7 Å². The Morgan fingerprint density at radius 3 is 2.56 bits per heavy atom. The van der Waals surface area contributed by atoms with Gasteiger partial charge in [0.2, 0.25) is 0 Å². The van der Waals surface area contributed by atoms with Crippen molar-refractivity contribution in [2.75, 3.05) is 0 Å². The molecule has 0 aliphatic heterocycles. The molecule has 0 radical (unpaired) electrons. The predicted octanol–water partition coefficient (Wildman–Crippen LogP) is 2.20. The summed E-state index contributed by atoms with van der Waals surface area (Å²) in [6.07, 6.45) is 3.78. The molecule has 3 heteroatoms. The number of aromatic nitrogens is 2. The lowest BCUT2D eigenvalue weighted by molar-refractivity contribution is 0.788. The molecule has 0 bridgehead atoms. The van der Waals surface area contributed by atoms with Crippen molar-refractivity contribution in [3.8, 4) is 0 Å². The maximum atomic E-state index is 4.17. The van der Waals surface area contributed by atoms with E-state index in [1.807, 2.05) is 15.2 Å². The van der Waals surface area contributed by atoms with Gasteiger partial charge in [-0.25, -0.2) is 4.98 Å². The molecule has 0 aliphatic carbocycles. The minimum atomic E-state index is 0.525. The highest BCUT2D eigenvalue weighted by Gasteiger charge is 2.02. The average molecular weight is 236 g/mol. The third kappa shape index (κ3) is 1.44. The zero-order valence-corrected chi connectivity index (χ0v) is 7.66. The maximum absolute atomic E-state index is 4.17. The van der Waals surface area contributed by atoms with E-state index >= 15 is 0 Å². The summed E-state index contributed by atoms with van der Waals surface area (Å²) < 4.78 is 2.02. The maximum Gasteiger partial charge on any atom is 0.120 e. The summed E-state index contributed by atoms with van der Waals surface area (Å²) in [6.45, 7) is 4.27. The fourth-order valence-corrected chi connectivity index (χ4v) is 1.52. The normalized spacial score (nSPS) is 10.7. The molecule has 0 fully saturated rings. The lowest BCUT2D eigenvalue weighted by Crippen LogP contribution is -1.93. The Hall–Kier alpha value is -0.0600. The molecular formula is C6H9IN2. The Morgan fingerprint density at radius 2 is 2.33 bits per heavy atom. The van der Waals surface area contributed by atoms with Crippen LogP contribution in [0.15, 0.2) is 12.4 Å². The average Bonchev–Trinajstić information content (AvgIpc) is 2.13. The van der Waals surface area contributed by atoms with Crippen molar-refractivity contribution < 1.29 is 0 Å². The molecule has 0 saturated heterocycles. The Kier molecular flexibility index (Phi) is 2.10. The molecule has 0 aliphatic rings. The first-order valence-electron chi connectivity index (χ1n) is 2.91. The van der Waals surface area contributed by atoms with Gasteiger partial charge in [0.15, 0.2) is 0 Å². The van der Waals surface area contributed by atoms with Gasteiger partial charge in [-0.2, -0.15) is 0 Å². The Morgan fingerprint density at radius 1 is 1.67 bits per heavy atom. The highest BCUT2D eigenvalue weighted by atomic mass is 127. The second kappa shape index (κ2) is 2.68. The molecule has 1 aromatic heterocycles. The summed E-state index contributed by atoms with van der Waals surface area (Å²) in [7, 11) is 0. The Labute approximate surface area is 68.8 Å². The van der Waals surface area contributed by atoms with Crippen LogP contribution in [0.2, 0.25) is 0 Å². The zero-order valence-electron chi connectivity index (χ0n) is 5.50. The van der Waals surface area contributed by atoms with Crippen LogP contribution < -0.4 is 0 Å². The van der Waals surface area contributed by atoms with E-state index in [1.165, 1.54) is 0 Å². The molecule has 0 unspecified atom stereocenters. The van der Waals surface area contributed by atoms with Gasteiger partial charge >= 0.3 is 0 Å². The van der Waals surface area contributed by atoms with E-state index in [-0.39, 0.29) is 0 Å². The summed E-state index contributed by atoms with van der Waals surface area (Å²) >= 11 is 2.22. The number of imidazole rings is 1. The molecule has 1 rings (SSSR count). The van der Waals surface area contributed by atoms with Crippen LogP contribution in [0.25, 0.3) is 0 Å². The van der Waals surface area contributed by atoms with Gasteiger partial charge in [0.05, 0.1) is 22.9 Å². The first kappa shape index (κ1) is 7.05. The third-order valence-electron chi connectivity index (χ3n) is 1.14. The summed E-state index contributed by atoms with van der Waals surface area (Å²) in [6, 6.07) is 0. The van der Waals surface area contributed by atoms with Crippen molar-refractivity contribution in [1.29, 1.82) is 0 Å². The van der Waals surface area contributed by atoms with Gasteiger partial charge in [-0.05, 0) is 0 Å². The highest BCUT2D eigenvalue weighted by molar-refractivity contribution is 14.1. The van der Waals surface area contributed by atoms with E-state index in [0.29, 0.717) is 5.92 Å². The summed E-state index contributed by atoms with van der Waals surface area (Å²) in [5.74, 6) is 1.66. The molecule has 9 heavy (non-hydrogen) atoms. The first-order chi connectivity index (χ1) is 4.22. The quantitative estimate of drug-likeness (QED) is 0.683. The van der Waals surface area contributed by atoms with Crippen molar-refractivity contribution in [2.24, 2.45) is 0 Å². The van der Waals surface area contributed by atoms with Crippen LogP contribution in [0, 0.1) is 0 Å². The van der Waals surface area contributed by atoms with Crippen LogP contribution >= 0.6 is 22.9 Å². The van der Waals surface area contributed by atoms with Gasteiger partial charge in [0.25, 0.3) is 0 Å². The van der Waals surface area contributed by atoms with Gasteiger partial charge in [0.1, 0.15) is 5.82 Å². The van der Waals surface area contributed by atoms with E-state index in [1.54, 1.807) is 0 Å². The van der Waals surface area contributed by atoms with E-state index in [4.69, 9.17) is 0 Å². The van der Waals surface area contributed by atoms with E-state index in [9.17, 15) is 0 Å². The monoisotopic (exact) mass is 236 g/mol. The lowest BCUT2D eigenvalue weighted by Gasteiger charge is -2.00. The number of hydrogen-bond acceptors (Lipinski definition) is 1. The van der Waals surface area contributed by atoms with Crippen LogP contribution in [0.3, 0.4) is 0 Å². The minimum absolute atomic E-state index is 0.525. The lowest BCUT2D eigenvalue weighted by atomic mass is 10.2. The number of rotatable bonds is 1. The second-order valence-electron chi connectivity index (χ2n) is 2.25. The van der Waals surface area contributed by atoms with Crippen LogP contribution in [-0.4, -0.2) is 7.76 Å². The summed E-state index contributed by atoms with van der Waals surface area (Å²) in [5, 5.41) is 0. The summed E-state index contributed by atoms with van der Waals surface area (Å²) in [5.41, 5.74) is 0. The number of halogens is 1. The molecule has 0 saturated carbocycles. The highest BCUT2D eigenvalue weighted by Crippen LogP contribution is 2.13. The Balaban J connectivity index is 2.94. The molecule has 0 atom stereocenters. The van der Waals surface area contributed by atoms with Crippen LogP contribution in [0.4, 0.5) is 0 Å². The van der Waals surface area contributed by atoms with Gasteiger partial charge < -0.3 is 0 Å². The van der Waals surface area contributed by atoms with Crippen molar-refractivity contribution in [3.63, 3.8) is 0 Å². The first-order valence-corrected chi connectivity index (χ1v) is 3.87. The van der Waals surface area contributed by atoms with Gasteiger partial charge in [-0.3, -0.25) is 2.78 Å². The largest absolute Gasteiger partial charge is 0.276 e. The summed E-state index contributed by atoms with van der Waals surface area (Å²) in [4.78, 5) is 4.17. The molecule has 50 valence electrons. The fourth-order valence-electron chi connectivity index (χ4n) is 0.695. The van der Waals surface area contributed by atoms with Gasteiger partial charge in [-0.1, -0.05) is 13.8 Å². The molecular weight excluding hydrogens is 227 g/mol. The molecule has 0 amide bonds. The smallest absolute Gasteiger partial charge is 0.120 e. The third-order valence-corrected chi connectivity index (χ3v) is 1.96. The molecule has 2 nitrogen and oxygen atoms in total. The number of nitrogens with zero attached hydrogens (tertiary/aromatic N) is 2. The predicted molar refractivity (Wildman–Crippen MR) is 45.7 cm³/mol. The molecule has 0 aromatic carbocycles. The molecule has 0 spiro atoms. The number of hydrogen-bond donors (Lipinski definition) is 0. The molecule has 1 aromatic rings. The fraction of sp³-hybridized carbons (Fsp3) is 0.500. The SMILES string of the molecule is CC(C)c1nccn1I. The van der Waals surface area contributed by atoms with Crippen LogP contribution in [-0.2, 0) is 0 Å². The van der Waals surface area contributed by atoms with Crippen LogP contribution in [0.5, 0.6) is 0 Å². The van der Waals surface area contributed by atoms with Crippen molar-refractivity contribution >= 4 is 22.9 Å². The second-order valence-corrected chi connectivity index (χ2v) is 3.29. The zero-order chi connectivity index (χ0) is 6.85. The molecule has 0 N–H and O–H groups in total. The topological polar surface area (TPSA) is 17.8 Å². The van der Waals surface area contributed by atoms with E-state index < -0.39 is 0 Å².